The van der Waals surface area contributed by atoms with E-state index in [4.69, 9.17) is 0 Å². The Morgan fingerprint density at radius 3 is 2.67 bits per heavy atom. The summed E-state index contributed by atoms with van der Waals surface area (Å²) in [4.78, 5) is 4.11. The van der Waals surface area contributed by atoms with Crippen molar-refractivity contribution in [2.24, 2.45) is 13.0 Å². The van der Waals surface area contributed by atoms with Gasteiger partial charge in [-0.3, -0.25) is 4.90 Å². The summed E-state index contributed by atoms with van der Waals surface area (Å²) >= 11 is 0. The van der Waals surface area contributed by atoms with Crippen molar-refractivity contribution < 1.29 is 0 Å². The van der Waals surface area contributed by atoms with Gasteiger partial charge in [-0.1, -0.05) is 0 Å². The summed E-state index contributed by atoms with van der Waals surface area (Å²) in [5, 5.41) is 15.7. The quantitative estimate of drug-likeness (QED) is 0.807. The number of aryl methyl sites for hydroxylation is 1. The van der Waals surface area contributed by atoms with Gasteiger partial charge in [-0.05, 0) is 49.9 Å². The molecule has 0 unspecified atom stereocenters. The van der Waals surface area contributed by atoms with Crippen LogP contribution >= 0.6 is 0 Å². The maximum Gasteiger partial charge on any atom is 0.188 e. The highest BCUT2D eigenvalue weighted by molar-refractivity contribution is 4.89. The van der Waals surface area contributed by atoms with Gasteiger partial charge in [-0.25, -0.2) is 0 Å². The van der Waals surface area contributed by atoms with E-state index < -0.39 is 0 Å². The molecule has 1 saturated carbocycles. The fourth-order valence-electron chi connectivity index (χ4n) is 2.75. The lowest BCUT2D eigenvalue weighted by Gasteiger charge is -2.29. The highest BCUT2D eigenvalue weighted by Crippen LogP contribution is 2.29. The number of hydrogen-bond acceptors (Lipinski definition) is 5. The van der Waals surface area contributed by atoms with Crippen LogP contribution in [0.4, 0.5) is 0 Å². The Bertz CT molecular complexity index is 380. The van der Waals surface area contributed by atoms with E-state index >= 15 is 0 Å². The Balaban J connectivity index is 1.57. The summed E-state index contributed by atoms with van der Waals surface area (Å²) in [6.07, 6.45) is 5.28. The van der Waals surface area contributed by atoms with Crippen molar-refractivity contribution in [1.29, 1.82) is 0 Å². The summed E-state index contributed by atoms with van der Waals surface area (Å²) in [5.41, 5.74) is 0. The van der Waals surface area contributed by atoms with E-state index in [1.807, 2.05) is 7.05 Å². The molecule has 1 N–H and O–H groups in total. The van der Waals surface area contributed by atoms with Crippen LogP contribution in [-0.2, 0) is 13.6 Å². The predicted octanol–water partition coefficient (Wildman–Crippen LogP) is 0.174. The molecule has 1 aromatic rings. The van der Waals surface area contributed by atoms with E-state index in [1.54, 1.807) is 4.80 Å². The molecule has 3 rings (SSSR count). The zero-order valence-electron chi connectivity index (χ0n) is 11.0. The minimum atomic E-state index is 0.767. The molecule has 1 aliphatic carbocycles. The van der Waals surface area contributed by atoms with E-state index in [1.165, 1.54) is 45.3 Å². The fourth-order valence-corrected chi connectivity index (χ4v) is 2.75. The molecule has 1 saturated heterocycles. The Labute approximate surface area is 108 Å². The molecule has 1 aliphatic heterocycles. The highest BCUT2D eigenvalue weighted by Gasteiger charge is 2.31. The second-order valence-electron chi connectivity index (χ2n) is 5.55. The Morgan fingerprint density at radius 2 is 2.06 bits per heavy atom. The van der Waals surface area contributed by atoms with Gasteiger partial charge in [0.15, 0.2) is 5.82 Å². The summed E-state index contributed by atoms with van der Waals surface area (Å²) in [6.45, 7) is 4.41. The number of piperidine rings is 1. The molecular weight excluding hydrogens is 228 g/mol. The Kier molecular flexibility index (Phi) is 3.56. The third kappa shape index (κ3) is 3.05. The molecule has 2 heterocycles. The molecule has 100 valence electrons. The van der Waals surface area contributed by atoms with Gasteiger partial charge in [0.1, 0.15) is 0 Å². The number of nitrogens with zero attached hydrogens (tertiary/aromatic N) is 5. The Hall–Kier alpha value is -1.01. The van der Waals surface area contributed by atoms with Crippen LogP contribution in [0.5, 0.6) is 0 Å². The van der Waals surface area contributed by atoms with E-state index in [9.17, 15) is 0 Å². The van der Waals surface area contributed by atoms with E-state index in [0.29, 0.717) is 0 Å². The summed E-state index contributed by atoms with van der Waals surface area (Å²) in [5.74, 6) is 1.70. The summed E-state index contributed by atoms with van der Waals surface area (Å²) in [7, 11) is 1.82. The van der Waals surface area contributed by atoms with Gasteiger partial charge in [-0.15, -0.1) is 10.2 Å². The summed E-state index contributed by atoms with van der Waals surface area (Å²) in [6, 6.07) is 0.767. The standard InChI is InChI=1S/C12H22N6/c1-17-15-12(14-16-17)9-18(11-2-3-11)8-10-4-6-13-7-5-10/h10-11,13H,2-9H2,1H3. The summed E-state index contributed by atoms with van der Waals surface area (Å²) < 4.78 is 0. The van der Waals surface area contributed by atoms with Crippen LogP contribution in [0.25, 0.3) is 0 Å². The molecule has 1 aromatic heterocycles. The minimum absolute atomic E-state index is 0.767. The number of aromatic nitrogens is 4. The first-order chi connectivity index (χ1) is 8.81. The normalized spacial score (nSPS) is 21.7. The zero-order chi connectivity index (χ0) is 12.4. The molecule has 6 nitrogen and oxygen atoms in total. The SMILES string of the molecule is Cn1nnc(CN(CC2CCNCC2)C2CC2)n1. The first-order valence-electron chi connectivity index (χ1n) is 6.99. The van der Waals surface area contributed by atoms with Crippen molar-refractivity contribution in [3.8, 4) is 0 Å². The molecule has 2 aliphatic rings. The molecule has 0 bridgehead atoms. The first-order valence-corrected chi connectivity index (χ1v) is 6.99. The number of rotatable bonds is 5. The molecular formula is C12H22N6. The van der Waals surface area contributed by atoms with Crippen LogP contribution in [0.2, 0.25) is 0 Å². The average Bonchev–Trinajstić information content (AvgIpc) is 3.15. The fraction of sp³-hybridized carbons (Fsp3) is 0.917. The van der Waals surface area contributed by atoms with Crippen molar-refractivity contribution in [2.75, 3.05) is 19.6 Å². The van der Waals surface area contributed by atoms with Crippen LogP contribution in [-0.4, -0.2) is 50.8 Å². The van der Waals surface area contributed by atoms with Gasteiger partial charge in [-0.2, -0.15) is 4.80 Å². The first kappa shape index (κ1) is 12.0. The van der Waals surface area contributed by atoms with Crippen molar-refractivity contribution in [1.82, 2.24) is 30.4 Å². The molecule has 18 heavy (non-hydrogen) atoms. The lowest BCUT2D eigenvalue weighted by Crippen LogP contribution is -2.37. The maximum atomic E-state index is 4.29. The van der Waals surface area contributed by atoms with Crippen molar-refractivity contribution in [2.45, 2.75) is 38.3 Å². The van der Waals surface area contributed by atoms with E-state index in [2.05, 4.69) is 25.6 Å². The average molecular weight is 250 g/mol. The third-order valence-electron chi connectivity index (χ3n) is 3.91. The monoisotopic (exact) mass is 250 g/mol. The molecule has 6 heteroatoms. The lowest BCUT2D eigenvalue weighted by molar-refractivity contribution is 0.186. The zero-order valence-corrected chi connectivity index (χ0v) is 11.0. The predicted molar refractivity (Wildman–Crippen MR) is 67.8 cm³/mol. The van der Waals surface area contributed by atoms with Crippen molar-refractivity contribution in [3.05, 3.63) is 5.82 Å². The van der Waals surface area contributed by atoms with E-state index in [-0.39, 0.29) is 0 Å². The molecule has 0 aromatic carbocycles. The Morgan fingerprint density at radius 1 is 1.28 bits per heavy atom. The molecule has 0 amide bonds. The van der Waals surface area contributed by atoms with Crippen LogP contribution in [0.3, 0.4) is 0 Å². The van der Waals surface area contributed by atoms with Gasteiger partial charge >= 0.3 is 0 Å². The van der Waals surface area contributed by atoms with Crippen molar-refractivity contribution >= 4 is 0 Å². The molecule has 0 atom stereocenters. The largest absolute Gasteiger partial charge is 0.317 e. The number of hydrogen-bond donors (Lipinski definition) is 1. The number of tetrazole rings is 1. The van der Waals surface area contributed by atoms with Crippen LogP contribution in [0.15, 0.2) is 0 Å². The van der Waals surface area contributed by atoms with E-state index in [0.717, 1.165) is 24.3 Å². The molecule has 0 spiro atoms. The molecule has 0 radical (unpaired) electrons. The van der Waals surface area contributed by atoms with Crippen LogP contribution in [0, 0.1) is 5.92 Å². The van der Waals surface area contributed by atoms with Crippen LogP contribution < -0.4 is 5.32 Å². The van der Waals surface area contributed by atoms with Gasteiger partial charge in [0.05, 0.1) is 13.6 Å². The molecule has 2 fully saturated rings. The van der Waals surface area contributed by atoms with Crippen molar-refractivity contribution in [3.63, 3.8) is 0 Å². The van der Waals surface area contributed by atoms with Crippen LogP contribution in [0.1, 0.15) is 31.5 Å². The van der Waals surface area contributed by atoms with Gasteiger partial charge < -0.3 is 5.32 Å². The second kappa shape index (κ2) is 5.32. The highest BCUT2D eigenvalue weighted by atomic mass is 15.6. The maximum absolute atomic E-state index is 4.29. The number of nitrogens with one attached hydrogen (secondary N) is 1. The smallest absolute Gasteiger partial charge is 0.188 e. The topological polar surface area (TPSA) is 58.9 Å². The van der Waals surface area contributed by atoms with Gasteiger partial charge in [0.25, 0.3) is 0 Å². The second-order valence-corrected chi connectivity index (χ2v) is 5.55. The minimum Gasteiger partial charge on any atom is -0.317 e. The van der Waals surface area contributed by atoms with Gasteiger partial charge in [0.2, 0.25) is 0 Å². The third-order valence-corrected chi connectivity index (χ3v) is 3.91. The lowest BCUT2D eigenvalue weighted by atomic mass is 9.97. The van der Waals surface area contributed by atoms with Gasteiger partial charge in [0, 0.05) is 12.6 Å².